The van der Waals surface area contributed by atoms with E-state index in [2.05, 4.69) is 74.5 Å². The standard InChI is InChI=1S/C18H31N3/c1-15-9-6-7-10-16(15)17(19-2)13-21(5)14-18(20(3)4)11-8-12-18/h6-7,9-10,17,19H,8,11-14H2,1-5H3. The summed E-state index contributed by atoms with van der Waals surface area (Å²) < 4.78 is 0. The molecule has 1 N–H and O–H groups in total. The van der Waals surface area contributed by atoms with Crippen molar-refractivity contribution in [3.63, 3.8) is 0 Å². The zero-order valence-corrected chi connectivity index (χ0v) is 14.3. The molecule has 3 heteroatoms. The summed E-state index contributed by atoms with van der Waals surface area (Å²) in [6.45, 7) is 4.41. The third kappa shape index (κ3) is 3.65. The van der Waals surface area contributed by atoms with Gasteiger partial charge < -0.3 is 15.1 Å². The van der Waals surface area contributed by atoms with E-state index >= 15 is 0 Å². The van der Waals surface area contributed by atoms with Crippen LogP contribution in [0.4, 0.5) is 0 Å². The van der Waals surface area contributed by atoms with Gasteiger partial charge in [0.1, 0.15) is 0 Å². The summed E-state index contributed by atoms with van der Waals surface area (Å²) in [5.41, 5.74) is 3.19. The van der Waals surface area contributed by atoms with Gasteiger partial charge in [-0.05, 0) is 65.5 Å². The van der Waals surface area contributed by atoms with Gasteiger partial charge in [0.25, 0.3) is 0 Å². The molecular formula is C18H31N3. The molecule has 1 aliphatic carbocycles. The minimum absolute atomic E-state index is 0.399. The molecule has 118 valence electrons. The molecule has 0 bridgehead atoms. The first-order chi connectivity index (χ1) is 9.98. The highest BCUT2D eigenvalue weighted by Gasteiger charge is 2.39. The Morgan fingerprint density at radius 1 is 1.19 bits per heavy atom. The lowest BCUT2D eigenvalue weighted by atomic mass is 9.75. The first-order valence-electron chi connectivity index (χ1n) is 8.07. The van der Waals surface area contributed by atoms with Crippen LogP contribution in [0.25, 0.3) is 0 Å². The van der Waals surface area contributed by atoms with Gasteiger partial charge in [0.2, 0.25) is 0 Å². The number of rotatable bonds is 7. The molecule has 3 nitrogen and oxygen atoms in total. The number of nitrogens with one attached hydrogen (secondary N) is 1. The number of benzene rings is 1. The molecule has 0 saturated heterocycles. The average Bonchev–Trinajstić information content (AvgIpc) is 2.40. The van der Waals surface area contributed by atoms with Crippen molar-refractivity contribution >= 4 is 0 Å². The maximum absolute atomic E-state index is 3.49. The number of aryl methyl sites for hydroxylation is 1. The van der Waals surface area contributed by atoms with Crippen LogP contribution in [0.2, 0.25) is 0 Å². The Balaban J connectivity index is 2.00. The van der Waals surface area contributed by atoms with Gasteiger partial charge in [-0.1, -0.05) is 24.3 Å². The number of nitrogens with zero attached hydrogens (tertiary/aromatic N) is 2. The topological polar surface area (TPSA) is 18.5 Å². The highest BCUT2D eigenvalue weighted by molar-refractivity contribution is 5.29. The number of likely N-dealkylation sites (N-methyl/N-ethyl adjacent to an activating group) is 3. The molecule has 1 aromatic carbocycles. The van der Waals surface area contributed by atoms with Crippen LogP contribution in [-0.4, -0.2) is 56.6 Å². The third-order valence-electron chi connectivity index (χ3n) is 5.20. The van der Waals surface area contributed by atoms with Crippen molar-refractivity contribution in [3.8, 4) is 0 Å². The van der Waals surface area contributed by atoms with Crippen LogP contribution < -0.4 is 5.32 Å². The van der Waals surface area contributed by atoms with Crippen molar-refractivity contribution < 1.29 is 0 Å². The van der Waals surface area contributed by atoms with Crippen LogP contribution in [-0.2, 0) is 0 Å². The molecule has 0 radical (unpaired) electrons. The van der Waals surface area contributed by atoms with E-state index in [1.54, 1.807) is 0 Å². The van der Waals surface area contributed by atoms with E-state index in [1.807, 2.05) is 0 Å². The van der Waals surface area contributed by atoms with E-state index in [0.29, 0.717) is 11.6 Å². The summed E-state index contributed by atoms with van der Waals surface area (Å²) in [5.74, 6) is 0. The van der Waals surface area contributed by atoms with E-state index in [4.69, 9.17) is 0 Å². The molecule has 0 aliphatic heterocycles. The van der Waals surface area contributed by atoms with Crippen LogP contribution in [0.15, 0.2) is 24.3 Å². The maximum atomic E-state index is 3.49. The van der Waals surface area contributed by atoms with Gasteiger partial charge in [0.05, 0.1) is 0 Å². The second-order valence-electron chi connectivity index (χ2n) is 6.87. The highest BCUT2D eigenvalue weighted by Crippen LogP contribution is 2.36. The average molecular weight is 289 g/mol. The van der Waals surface area contributed by atoms with Gasteiger partial charge in [-0.25, -0.2) is 0 Å². The van der Waals surface area contributed by atoms with Crippen LogP contribution in [0.5, 0.6) is 0 Å². The lowest BCUT2D eigenvalue weighted by molar-refractivity contribution is 0.0257. The molecule has 0 aromatic heterocycles. The van der Waals surface area contributed by atoms with Gasteiger partial charge in [-0.15, -0.1) is 0 Å². The minimum Gasteiger partial charge on any atom is -0.312 e. The Morgan fingerprint density at radius 2 is 1.86 bits per heavy atom. The summed E-state index contributed by atoms with van der Waals surface area (Å²) in [6, 6.07) is 9.10. The van der Waals surface area contributed by atoms with Gasteiger partial charge >= 0.3 is 0 Å². The SMILES string of the molecule is CNC(CN(C)CC1(N(C)C)CCC1)c1ccccc1C. The molecule has 2 rings (SSSR count). The van der Waals surface area contributed by atoms with Crippen LogP contribution >= 0.6 is 0 Å². The van der Waals surface area contributed by atoms with Crippen LogP contribution in [0.3, 0.4) is 0 Å². The summed E-state index contributed by atoms with van der Waals surface area (Å²) >= 11 is 0. The molecule has 1 atom stereocenters. The quantitative estimate of drug-likeness (QED) is 0.832. The summed E-state index contributed by atoms with van der Waals surface area (Å²) in [4.78, 5) is 4.92. The lowest BCUT2D eigenvalue weighted by Gasteiger charge is -2.49. The molecule has 21 heavy (non-hydrogen) atoms. The second-order valence-corrected chi connectivity index (χ2v) is 6.87. The first-order valence-corrected chi connectivity index (χ1v) is 8.07. The molecule has 0 spiro atoms. The van der Waals surface area contributed by atoms with Crippen molar-refractivity contribution in [2.75, 3.05) is 41.3 Å². The van der Waals surface area contributed by atoms with Gasteiger partial charge in [-0.2, -0.15) is 0 Å². The normalized spacial score (nSPS) is 18.8. The molecule has 1 fully saturated rings. The molecule has 1 unspecified atom stereocenters. The number of hydrogen-bond donors (Lipinski definition) is 1. The largest absolute Gasteiger partial charge is 0.312 e. The van der Waals surface area contributed by atoms with Crippen molar-refractivity contribution in [2.45, 2.75) is 37.8 Å². The van der Waals surface area contributed by atoms with E-state index in [-0.39, 0.29) is 0 Å². The molecule has 1 aromatic rings. The van der Waals surface area contributed by atoms with Crippen molar-refractivity contribution in [1.82, 2.24) is 15.1 Å². The molecule has 1 aliphatic rings. The van der Waals surface area contributed by atoms with Gasteiger partial charge in [-0.3, -0.25) is 0 Å². The van der Waals surface area contributed by atoms with Crippen LogP contribution in [0, 0.1) is 6.92 Å². The van der Waals surface area contributed by atoms with E-state index in [9.17, 15) is 0 Å². The minimum atomic E-state index is 0.399. The van der Waals surface area contributed by atoms with Crippen molar-refractivity contribution in [1.29, 1.82) is 0 Å². The van der Waals surface area contributed by atoms with Crippen molar-refractivity contribution in [3.05, 3.63) is 35.4 Å². The van der Waals surface area contributed by atoms with Crippen molar-refractivity contribution in [2.24, 2.45) is 0 Å². The Bertz CT molecular complexity index is 452. The summed E-state index contributed by atoms with van der Waals surface area (Å²) in [7, 11) is 8.77. The maximum Gasteiger partial charge on any atom is 0.0449 e. The Morgan fingerprint density at radius 3 is 2.33 bits per heavy atom. The zero-order chi connectivity index (χ0) is 15.5. The summed E-state index contributed by atoms with van der Waals surface area (Å²) in [6.07, 6.45) is 4.04. The van der Waals surface area contributed by atoms with E-state index in [0.717, 1.165) is 13.1 Å². The van der Waals surface area contributed by atoms with E-state index < -0.39 is 0 Å². The fraction of sp³-hybridized carbons (Fsp3) is 0.667. The third-order valence-corrected chi connectivity index (χ3v) is 5.20. The predicted molar refractivity (Wildman–Crippen MR) is 90.7 cm³/mol. The highest BCUT2D eigenvalue weighted by atomic mass is 15.2. The number of hydrogen-bond acceptors (Lipinski definition) is 3. The predicted octanol–water partition coefficient (Wildman–Crippen LogP) is 2.67. The fourth-order valence-electron chi connectivity index (χ4n) is 3.53. The second kappa shape index (κ2) is 6.91. The van der Waals surface area contributed by atoms with Crippen LogP contribution in [0.1, 0.15) is 36.4 Å². The fourth-order valence-corrected chi connectivity index (χ4v) is 3.53. The van der Waals surface area contributed by atoms with Gasteiger partial charge in [0, 0.05) is 24.7 Å². The Kier molecular flexibility index (Phi) is 5.42. The molecule has 1 saturated carbocycles. The summed E-state index contributed by atoms with van der Waals surface area (Å²) in [5, 5.41) is 3.49. The molecule has 0 amide bonds. The molecule has 0 heterocycles. The first kappa shape index (κ1) is 16.5. The van der Waals surface area contributed by atoms with E-state index in [1.165, 1.54) is 30.4 Å². The lowest BCUT2D eigenvalue weighted by Crippen LogP contribution is -2.57. The molecular weight excluding hydrogens is 258 g/mol. The smallest absolute Gasteiger partial charge is 0.0449 e. The Hall–Kier alpha value is -0.900. The van der Waals surface area contributed by atoms with Gasteiger partial charge in [0.15, 0.2) is 0 Å². The monoisotopic (exact) mass is 289 g/mol. The Labute approximate surface area is 130 Å². The zero-order valence-electron chi connectivity index (χ0n) is 14.3.